The van der Waals surface area contributed by atoms with Gasteiger partial charge in [-0.15, -0.1) is 22.7 Å². The van der Waals surface area contributed by atoms with Crippen LogP contribution in [0.4, 0.5) is 8.78 Å². The lowest BCUT2D eigenvalue weighted by molar-refractivity contribution is -0.0498. The number of rotatable bonds is 8. The molecule has 0 aliphatic heterocycles. The molecule has 0 aliphatic carbocycles. The van der Waals surface area contributed by atoms with Gasteiger partial charge in [0.15, 0.2) is 0 Å². The van der Waals surface area contributed by atoms with Crippen LogP contribution in [0.5, 0.6) is 5.75 Å². The molecule has 0 fully saturated rings. The first-order valence-corrected chi connectivity index (χ1v) is 8.53. The lowest BCUT2D eigenvalue weighted by Gasteiger charge is -2.06. The standard InChI is InChI=1S/C14H16F2N2O2S2/c1-9-8-22-11(18-9)4-2-3-6-17-13(19)12-10(5-7-21-12)20-14(15)16/h5,7-8,14H,2-4,6H2,1H3,(H,17,19). The molecule has 8 heteroatoms. The van der Waals surface area contributed by atoms with Crippen molar-refractivity contribution in [3.63, 3.8) is 0 Å². The molecule has 0 spiro atoms. The summed E-state index contributed by atoms with van der Waals surface area (Å²) in [5.74, 6) is -0.452. The summed E-state index contributed by atoms with van der Waals surface area (Å²) < 4.78 is 28.7. The summed E-state index contributed by atoms with van der Waals surface area (Å²) in [4.78, 5) is 16.5. The average Bonchev–Trinajstić information content (AvgIpc) is 3.07. The number of nitrogens with one attached hydrogen (secondary N) is 1. The molecular formula is C14H16F2N2O2S2. The van der Waals surface area contributed by atoms with Gasteiger partial charge >= 0.3 is 6.61 Å². The highest BCUT2D eigenvalue weighted by Gasteiger charge is 2.16. The molecule has 0 saturated heterocycles. The fourth-order valence-corrected chi connectivity index (χ4v) is 3.41. The van der Waals surface area contributed by atoms with Crippen LogP contribution >= 0.6 is 22.7 Å². The van der Waals surface area contributed by atoms with E-state index in [1.807, 2.05) is 12.3 Å². The molecule has 120 valence electrons. The van der Waals surface area contributed by atoms with Gasteiger partial charge in [0.2, 0.25) is 0 Å². The minimum absolute atomic E-state index is 0.0734. The van der Waals surface area contributed by atoms with Crippen molar-refractivity contribution in [1.29, 1.82) is 0 Å². The number of thiophene rings is 1. The second kappa shape index (κ2) is 8.19. The summed E-state index contributed by atoms with van der Waals surface area (Å²) >= 11 is 2.72. The van der Waals surface area contributed by atoms with Gasteiger partial charge in [-0.3, -0.25) is 4.79 Å². The monoisotopic (exact) mass is 346 g/mol. The normalized spacial score (nSPS) is 10.9. The van der Waals surface area contributed by atoms with E-state index >= 15 is 0 Å². The molecule has 2 aromatic rings. The van der Waals surface area contributed by atoms with Crippen LogP contribution in [0, 0.1) is 6.92 Å². The quantitative estimate of drug-likeness (QED) is 0.738. The van der Waals surface area contributed by atoms with Crippen molar-refractivity contribution in [1.82, 2.24) is 10.3 Å². The Morgan fingerprint density at radius 1 is 1.41 bits per heavy atom. The molecule has 2 rings (SSSR count). The van der Waals surface area contributed by atoms with Crippen LogP contribution in [0.2, 0.25) is 0 Å². The molecule has 0 aromatic carbocycles. The van der Waals surface area contributed by atoms with Crippen molar-refractivity contribution >= 4 is 28.6 Å². The molecule has 0 bridgehead atoms. The van der Waals surface area contributed by atoms with Gasteiger partial charge < -0.3 is 10.1 Å². The van der Waals surface area contributed by atoms with E-state index in [1.165, 1.54) is 6.07 Å². The molecule has 0 atom stereocenters. The van der Waals surface area contributed by atoms with E-state index in [2.05, 4.69) is 15.0 Å². The summed E-state index contributed by atoms with van der Waals surface area (Å²) in [5.41, 5.74) is 1.03. The largest absolute Gasteiger partial charge is 0.433 e. The molecule has 0 aliphatic rings. The number of alkyl halides is 2. The highest BCUT2D eigenvalue weighted by Crippen LogP contribution is 2.26. The number of carbonyl (C=O) groups excluding carboxylic acids is 1. The number of aromatic nitrogens is 1. The van der Waals surface area contributed by atoms with E-state index in [-0.39, 0.29) is 16.5 Å². The van der Waals surface area contributed by atoms with E-state index in [1.54, 1.807) is 16.7 Å². The van der Waals surface area contributed by atoms with Gasteiger partial charge in [0.05, 0.1) is 5.01 Å². The lowest BCUT2D eigenvalue weighted by atomic mass is 10.2. The molecular weight excluding hydrogens is 330 g/mol. The lowest BCUT2D eigenvalue weighted by Crippen LogP contribution is -2.24. The second-order valence-corrected chi connectivity index (χ2v) is 6.45. The van der Waals surface area contributed by atoms with Gasteiger partial charge in [-0.05, 0) is 37.6 Å². The van der Waals surface area contributed by atoms with Crippen LogP contribution in [0.25, 0.3) is 0 Å². The Bertz CT molecular complexity index is 614. The number of nitrogens with zero attached hydrogens (tertiary/aromatic N) is 1. The van der Waals surface area contributed by atoms with Crippen LogP contribution in [-0.4, -0.2) is 24.0 Å². The third-order valence-corrected chi connectivity index (χ3v) is 4.74. The third-order valence-electron chi connectivity index (χ3n) is 2.82. The maximum atomic E-state index is 12.2. The third kappa shape index (κ3) is 5.03. The summed E-state index contributed by atoms with van der Waals surface area (Å²) in [5, 5.41) is 7.38. The summed E-state index contributed by atoms with van der Waals surface area (Å²) in [6.45, 7) is -0.474. The Balaban J connectivity index is 1.70. The highest BCUT2D eigenvalue weighted by atomic mass is 32.1. The number of thiazole rings is 1. The Labute approximate surface area is 135 Å². The van der Waals surface area contributed by atoms with Crippen LogP contribution in [0.1, 0.15) is 33.2 Å². The predicted octanol–water partition coefficient (Wildman–Crippen LogP) is 3.87. The summed E-state index contributed by atoms with van der Waals surface area (Å²) in [6.07, 6.45) is 2.60. The number of halogens is 2. The fraction of sp³-hybridized carbons (Fsp3) is 0.429. The molecule has 0 radical (unpaired) electrons. The van der Waals surface area contributed by atoms with Crippen LogP contribution in [-0.2, 0) is 6.42 Å². The number of carbonyl (C=O) groups is 1. The maximum absolute atomic E-state index is 12.2. The summed E-state index contributed by atoms with van der Waals surface area (Å²) in [6, 6.07) is 1.37. The number of hydrogen-bond acceptors (Lipinski definition) is 5. The molecule has 2 heterocycles. The summed E-state index contributed by atoms with van der Waals surface area (Å²) in [7, 11) is 0. The Morgan fingerprint density at radius 3 is 2.91 bits per heavy atom. The number of unbranched alkanes of at least 4 members (excludes halogenated alkanes) is 1. The van der Waals surface area contributed by atoms with E-state index in [9.17, 15) is 13.6 Å². The van der Waals surface area contributed by atoms with Crippen molar-refractivity contribution in [3.05, 3.63) is 32.4 Å². The van der Waals surface area contributed by atoms with E-state index in [0.717, 1.165) is 41.3 Å². The molecule has 2 aromatic heterocycles. The van der Waals surface area contributed by atoms with Crippen LogP contribution in [0.3, 0.4) is 0 Å². The molecule has 1 N–H and O–H groups in total. The first kappa shape index (κ1) is 16.8. The van der Waals surface area contributed by atoms with E-state index < -0.39 is 6.61 Å². The van der Waals surface area contributed by atoms with Gasteiger partial charge in [0.1, 0.15) is 10.6 Å². The fourth-order valence-electron chi connectivity index (χ4n) is 1.85. The van der Waals surface area contributed by atoms with Crippen molar-refractivity contribution in [2.75, 3.05) is 6.54 Å². The van der Waals surface area contributed by atoms with Crippen LogP contribution in [0.15, 0.2) is 16.8 Å². The van der Waals surface area contributed by atoms with Gasteiger partial charge in [-0.2, -0.15) is 8.78 Å². The van der Waals surface area contributed by atoms with Crippen molar-refractivity contribution in [2.24, 2.45) is 0 Å². The zero-order valence-corrected chi connectivity index (χ0v) is 13.6. The molecule has 4 nitrogen and oxygen atoms in total. The van der Waals surface area contributed by atoms with Gasteiger partial charge in [-0.25, -0.2) is 4.98 Å². The molecule has 1 amide bonds. The number of ether oxygens (including phenoxy) is 1. The Morgan fingerprint density at radius 2 is 2.23 bits per heavy atom. The van der Waals surface area contributed by atoms with Crippen molar-refractivity contribution < 1.29 is 18.3 Å². The maximum Gasteiger partial charge on any atom is 0.387 e. The average molecular weight is 346 g/mol. The van der Waals surface area contributed by atoms with Gasteiger partial charge in [0, 0.05) is 17.6 Å². The zero-order valence-electron chi connectivity index (χ0n) is 12.0. The number of aryl methyl sites for hydroxylation is 2. The topological polar surface area (TPSA) is 51.2 Å². The Hall–Kier alpha value is -1.54. The first-order chi connectivity index (χ1) is 10.6. The highest BCUT2D eigenvalue weighted by molar-refractivity contribution is 7.12. The minimum Gasteiger partial charge on any atom is -0.433 e. The van der Waals surface area contributed by atoms with Crippen molar-refractivity contribution in [2.45, 2.75) is 32.8 Å². The number of hydrogen-bond donors (Lipinski definition) is 1. The number of amides is 1. The Kier molecular flexibility index (Phi) is 6.26. The smallest absolute Gasteiger partial charge is 0.387 e. The minimum atomic E-state index is -2.93. The van der Waals surface area contributed by atoms with Gasteiger partial charge in [0.25, 0.3) is 5.91 Å². The SMILES string of the molecule is Cc1csc(CCCCNC(=O)c2sccc2OC(F)F)n1. The first-order valence-electron chi connectivity index (χ1n) is 6.78. The molecule has 0 saturated carbocycles. The molecule has 22 heavy (non-hydrogen) atoms. The van der Waals surface area contributed by atoms with Crippen molar-refractivity contribution in [3.8, 4) is 5.75 Å². The van der Waals surface area contributed by atoms with E-state index in [0.29, 0.717) is 6.54 Å². The predicted molar refractivity (Wildman–Crippen MR) is 83.1 cm³/mol. The van der Waals surface area contributed by atoms with E-state index in [4.69, 9.17) is 0 Å². The second-order valence-electron chi connectivity index (χ2n) is 4.59. The molecule has 0 unspecified atom stereocenters. The zero-order chi connectivity index (χ0) is 15.9. The van der Waals surface area contributed by atoms with Crippen LogP contribution < -0.4 is 10.1 Å². The van der Waals surface area contributed by atoms with Gasteiger partial charge in [-0.1, -0.05) is 0 Å².